The zero-order valence-electron chi connectivity index (χ0n) is 9.70. The summed E-state index contributed by atoms with van der Waals surface area (Å²) in [4.78, 5) is 3.99. The summed E-state index contributed by atoms with van der Waals surface area (Å²) in [6.45, 7) is 3.53. The molecule has 0 aliphatic carbocycles. The minimum atomic E-state index is -0.372. The predicted molar refractivity (Wildman–Crippen MR) is 64.6 cm³/mol. The van der Waals surface area contributed by atoms with Crippen molar-refractivity contribution in [2.45, 2.75) is 13.8 Å². The number of nitrogens with two attached hydrogens (primary N) is 1. The Bertz CT molecular complexity index is 555. The zero-order chi connectivity index (χ0) is 12.4. The maximum atomic E-state index is 13.7. The van der Waals surface area contributed by atoms with Crippen LogP contribution in [0.5, 0.6) is 11.6 Å². The van der Waals surface area contributed by atoms with Crippen LogP contribution in [0.2, 0.25) is 0 Å². The van der Waals surface area contributed by atoms with Crippen molar-refractivity contribution in [3.8, 4) is 11.6 Å². The quantitative estimate of drug-likeness (QED) is 0.864. The molecule has 0 aliphatic heterocycles. The van der Waals surface area contributed by atoms with E-state index in [0.717, 1.165) is 5.56 Å². The van der Waals surface area contributed by atoms with Gasteiger partial charge in [0.2, 0.25) is 5.88 Å². The molecule has 0 saturated heterocycles. The number of nitrogens with zero attached hydrogens (tertiary/aromatic N) is 1. The number of nitrogen functional groups attached to an aromatic ring is 1. The summed E-state index contributed by atoms with van der Waals surface area (Å²) < 4.78 is 19.1. The molecule has 2 rings (SSSR count). The number of hydrogen-bond donors (Lipinski definition) is 1. The third kappa shape index (κ3) is 2.36. The van der Waals surface area contributed by atoms with E-state index in [9.17, 15) is 4.39 Å². The first-order valence-corrected chi connectivity index (χ1v) is 5.23. The van der Waals surface area contributed by atoms with Crippen molar-refractivity contribution >= 4 is 5.69 Å². The zero-order valence-corrected chi connectivity index (χ0v) is 9.70. The molecule has 88 valence electrons. The minimum Gasteiger partial charge on any atom is -0.436 e. The summed E-state index contributed by atoms with van der Waals surface area (Å²) >= 11 is 0. The molecule has 0 atom stereocenters. The van der Waals surface area contributed by atoms with Gasteiger partial charge in [0.15, 0.2) is 11.6 Å². The molecule has 0 radical (unpaired) electrons. The lowest BCUT2D eigenvalue weighted by Crippen LogP contribution is -1.96. The molecule has 1 aromatic carbocycles. The maximum Gasteiger partial charge on any atom is 0.219 e. The molecule has 2 N–H and O–H groups in total. The molecule has 1 aromatic heterocycles. The van der Waals surface area contributed by atoms with Crippen molar-refractivity contribution in [1.29, 1.82) is 0 Å². The smallest absolute Gasteiger partial charge is 0.219 e. The Kier molecular flexibility index (Phi) is 2.95. The Morgan fingerprint density at radius 1 is 1.24 bits per heavy atom. The Hall–Kier alpha value is -2.10. The third-order valence-corrected chi connectivity index (χ3v) is 2.50. The number of halogens is 1. The van der Waals surface area contributed by atoms with Gasteiger partial charge < -0.3 is 10.5 Å². The first-order chi connectivity index (χ1) is 8.08. The SMILES string of the molecule is Cc1cc(Oc2cccc(C)c2F)ncc1N. The Morgan fingerprint density at radius 2 is 2.00 bits per heavy atom. The van der Waals surface area contributed by atoms with Gasteiger partial charge in [-0.2, -0.15) is 0 Å². The van der Waals surface area contributed by atoms with Crippen LogP contribution < -0.4 is 10.5 Å². The van der Waals surface area contributed by atoms with Crippen LogP contribution in [0.1, 0.15) is 11.1 Å². The fraction of sp³-hybridized carbons (Fsp3) is 0.154. The van der Waals surface area contributed by atoms with Crippen LogP contribution in [0.4, 0.5) is 10.1 Å². The summed E-state index contributed by atoms with van der Waals surface area (Å²) in [7, 11) is 0. The van der Waals surface area contributed by atoms with E-state index in [1.54, 1.807) is 31.2 Å². The van der Waals surface area contributed by atoms with Gasteiger partial charge in [-0.3, -0.25) is 0 Å². The van der Waals surface area contributed by atoms with Crippen LogP contribution in [0.15, 0.2) is 30.5 Å². The number of ether oxygens (including phenoxy) is 1. The highest BCUT2D eigenvalue weighted by molar-refractivity contribution is 5.46. The largest absolute Gasteiger partial charge is 0.436 e. The first-order valence-electron chi connectivity index (χ1n) is 5.23. The van der Waals surface area contributed by atoms with Gasteiger partial charge in [-0.1, -0.05) is 12.1 Å². The summed E-state index contributed by atoms with van der Waals surface area (Å²) in [6, 6.07) is 6.66. The van der Waals surface area contributed by atoms with Crippen LogP contribution in [0.3, 0.4) is 0 Å². The van der Waals surface area contributed by atoms with Crippen LogP contribution >= 0.6 is 0 Å². The number of rotatable bonds is 2. The Morgan fingerprint density at radius 3 is 2.71 bits per heavy atom. The maximum absolute atomic E-state index is 13.7. The average Bonchev–Trinajstić information content (AvgIpc) is 2.30. The number of anilines is 1. The molecule has 0 fully saturated rings. The molecular formula is C13H13FN2O. The number of aryl methyl sites for hydroxylation is 2. The molecule has 4 heteroatoms. The van der Waals surface area contributed by atoms with Crippen LogP contribution in [-0.2, 0) is 0 Å². The second kappa shape index (κ2) is 4.41. The normalized spacial score (nSPS) is 10.3. The lowest BCUT2D eigenvalue weighted by Gasteiger charge is -2.08. The van der Waals surface area contributed by atoms with Gasteiger partial charge in [0, 0.05) is 6.07 Å². The van der Waals surface area contributed by atoms with Gasteiger partial charge in [0.25, 0.3) is 0 Å². The number of aromatic nitrogens is 1. The molecule has 1 heterocycles. The van der Waals surface area contributed by atoms with Gasteiger partial charge in [-0.25, -0.2) is 9.37 Å². The van der Waals surface area contributed by atoms with Crippen LogP contribution in [0, 0.1) is 19.7 Å². The lowest BCUT2D eigenvalue weighted by molar-refractivity contribution is 0.425. The predicted octanol–water partition coefficient (Wildman–Crippen LogP) is 3.21. The highest BCUT2D eigenvalue weighted by atomic mass is 19.1. The van der Waals surface area contributed by atoms with E-state index in [0.29, 0.717) is 17.1 Å². The molecule has 0 unspecified atom stereocenters. The highest BCUT2D eigenvalue weighted by Crippen LogP contribution is 2.26. The topological polar surface area (TPSA) is 48.1 Å². The van der Waals surface area contributed by atoms with Gasteiger partial charge in [0.1, 0.15) is 0 Å². The Balaban J connectivity index is 2.31. The fourth-order valence-electron chi connectivity index (χ4n) is 1.41. The van der Waals surface area contributed by atoms with E-state index in [1.807, 2.05) is 6.92 Å². The van der Waals surface area contributed by atoms with E-state index < -0.39 is 0 Å². The molecule has 0 aliphatic rings. The van der Waals surface area contributed by atoms with Gasteiger partial charge in [-0.15, -0.1) is 0 Å². The fourth-order valence-corrected chi connectivity index (χ4v) is 1.41. The van der Waals surface area contributed by atoms with E-state index in [4.69, 9.17) is 10.5 Å². The molecule has 2 aromatic rings. The first kappa shape index (κ1) is 11.4. The second-order valence-corrected chi connectivity index (χ2v) is 3.87. The molecule has 0 saturated carbocycles. The number of pyridine rings is 1. The van der Waals surface area contributed by atoms with E-state index >= 15 is 0 Å². The van der Waals surface area contributed by atoms with Crippen molar-refractivity contribution < 1.29 is 9.13 Å². The molecule has 3 nitrogen and oxygen atoms in total. The Labute approximate surface area is 99.1 Å². The molecule has 0 bridgehead atoms. The summed E-state index contributed by atoms with van der Waals surface area (Å²) in [6.07, 6.45) is 1.50. The van der Waals surface area contributed by atoms with Gasteiger partial charge in [0.05, 0.1) is 11.9 Å². The molecule has 0 spiro atoms. The van der Waals surface area contributed by atoms with Crippen molar-refractivity contribution in [2.75, 3.05) is 5.73 Å². The standard InChI is InChI=1S/C13H13FN2O/c1-8-4-3-5-11(13(8)14)17-12-6-9(2)10(15)7-16-12/h3-7H,15H2,1-2H3. The minimum absolute atomic E-state index is 0.168. The van der Waals surface area contributed by atoms with Crippen molar-refractivity contribution in [3.63, 3.8) is 0 Å². The number of hydrogen-bond acceptors (Lipinski definition) is 3. The van der Waals surface area contributed by atoms with Gasteiger partial charge in [-0.05, 0) is 31.0 Å². The van der Waals surface area contributed by atoms with Crippen LogP contribution in [-0.4, -0.2) is 4.98 Å². The molecule has 0 amide bonds. The molecular weight excluding hydrogens is 219 g/mol. The van der Waals surface area contributed by atoms with Crippen molar-refractivity contribution in [2.24, 2.45) is 0 Å². The summed E-state index contributed by atoms with van der Waals surface area (Å²) in [5.74, 6) is 0.131. The van der Waals surface area contributed by atoms with Crippen molar-refractivity contribution in [3.05, 3.63) is 47.4 Å². The average molecular weight is 232 g/mol. The summed E-state index contributed by atoms with van der Waals surface area (Å²) in [5.41, 5.74) is 7.62. The third-order valence-electron chi connectivity index (χ3n) is 2.50. The molecule has 17 heavy (non-hydrogen) atoms. The highest BCUT2D eigenvalue weighted by Gasteiger charge is 2.08. The van der Waals surface area contributed by atoms with E-state index in [2.05, 4.69) is 4.98 Å². The van der Waals surface area contributed by atoms with Gasteiger partial charge >= 0.3 is 0 Å². The summed E-state index contributed by atoms with van der Waals surface area (Å²) in [5, 5.41) is 0. The van der Waals surface area contributed by atoms with E-state index in [1.165, 1.54) is 6.20 Å². The van der Waals surface area contributed by atoms with Crippen LogP contribution in [0.25, 0.3) is 0 Å². The second-order valence-electron chi connectivity index (χ2n) is 3.87. The monoisotopic (exact) mass is 232 g/mol. The lowest BCUT2D eigenvalue weighted by atomic mass is 10.2. The number of benzene rings is 1. The van der Waals surface area contributed by atoms with Crippen molar-refractivity contribution in [1.82, 2.24) is 4.98 Å². The van der Waals surface area contributed by atoms with E-state index in [-0.39, 0.29) is 11.6 Å².